The molecule has 0 aliphatic carbocycles. The zero-order valence-electron chi connectivity index (χ0n) is 19.9. The Labute approximate surface area is 198 Å². The monoisotopic (exact) mass is 470 g/mol. The summed E-state index contributed by atoms with van der Waals surface area (Å²) in [5.74, 6) is 3.39. The fraction of sp³-hybridized carbons (Fsp3) is 0.360. The van der Waals surface area contributed by atoms with Gasteiger partial charge in [-0.25, -0.2) is 4.98 Å². The van der Waals surface area contributed by atoms with E-state index in [-0.39, 0.29) is 11.5 Å². The molecular formula is C25H30N2O5S. The third-order valence-electron chi connectivity index (χ3n) is 5.20. The molecule has 0 amide bonds. The minimum atomic E-state index is -0.110. The molecule has 0 spiro atoms. The van der Waals surface area contributed by atoms with Crippen molar-refractivity contribution in [1.82, 2.24) is 9.97 Å². The van der Waals surface area contributed by atoms with Crippen molar-refractivity contribution in [2.24, 2.45) is 0 Å². The highest BCUT2D eigenvalue weighted by Gasteiger charge is 2.17. The van der Waals surface area contributed by atoms with E-state index in [9.17, 15) is 4.79 Å². The summed E-state index contributed by atoms with van der Waals surface area (Å²) in [6, 6.07) is 11.5. The Morgan fingerprint density at radius 1 is 0.879 bits per heavy atom. The van der Waals surface area contributed by atoms with Gasteiger partial charge in [0.05, 0.1) is 34.1 Å². The molecule has 1 aromatic heterocycles. The van der Waals surface area contributed by atoms with Crippen LogP contribution in [0.4, 0.5) is 0 Å². The number of benzene rings is 2. The normalized spacial score (nSPS) is 10.9. The molecular weight excluding hydrogens is 440 g/mol. The molecule has 33 heavy (non-hydrogen) atoms. The summed E-state index contributed by atoms with van der Waals surface area (Å²) in [6.45, 7) is 4.00. The summed E-state index contributed by atoms with van der Waals surface area (Å²) in [7, 11) is 6.45. The molecule has 1 heterocycles. The molecule has 3 rings (SSSR count). The summed E-state index contributed by atoms with van der Waals surface area (Å²) >= 11 is 1.46. The Hall–Kier alpha value is -3.13. The molecule has 0 bridgehead atoms. The number of nitrogens with zero attached hydrogens (tertiary/aromatic N) is 1. The van der Waals surface area contributed by atoms with Crippen LogP contribution in [0.25, 0.3) is 0 Å². The lowest BCUT2D eigenvalue weighted by atomic mass is 9.98. The van der Waals surface area contributed by atoms with Crippen molar-refractivity contribution in [1.29, 1.82) is 0 Å². The maximum Gasteiger partial charge on any atom is 0.255 e. The van der Waals surface area contributed by atoms with Gasteiger partial charge in [-0.05, 0) is 41.3 Å². The van der Waals surface area contributed by atoms with E-state index in [2.05, 4.69) is 4.98 Å². The lowest BCUT2D eigenvalue weighted by molar-refractivity contribution is 0.354. The Morgan fingerprint density at radius 3 is 2.12 bits per heavy atom. The van der Waals surface area contributed by atoms with E-state index in [0.29, 0.717) is 34.4 Å². The first kappa shape index (κ1) is 24.5. The highest BCUT2D eigenvalue weighted by atomic mass is 32.2. The summed E-state index contributed by atoms with van der Waals surface area (Å²) in [6.07, 6.45) is 0.512. The molecule has 0 saturated heterocycles. The number of aromatic amines is 1. The molecule has 0 aliphatic heterocycles. The van der Waals surface area contributed by atoms with Gasteiger partial charge in [0.2, 0.25) is 0 Å². The van der Waals surface area contributed by atoms with Gasteiger partial charge in [0.1, 0.15) is 11.5 Å². The third-order valence-corrected chi connectivity index (χ3v) is 6.14. The number of H-pyrrole nitrogens is 1. The Morgan fingerprint density at radius 2 is 1.55 bits per heavy atom. The van der Waals surface area contributed by atoms with Gasteiger partial charge in [0, 0.05) is 23.8 Å². The van der Waals surface area contributed by atoms with Crippen LogP contribution in [0.1, 0.15) is 42.1 Å². The van der Waals surface area contributed by atoms with Gasteiger partial charge in [-0.2, -0.15) is 0 Å². The summed E-state index contributed by atoms with van der Waals surface area (Å²) in [5, 5.41) is 0.571. The summed E-state index contributed by atoms with van der Waals surface area (Å²) in [4.78, 5) is 20.7. The second kappa shape index (κ2) is 11.1. The van der Waals surface area contributed by atoms with Gasteiger partial charge in [-0.15, -0.1) is 0 Å². The first-order valence-corrected chi connectivity index (χ1v) is 11.6. The maximum atomic E-state index is 12.9. The SMILES string of the molecule is COc1cc(CSc2nc(Cc3ccc(OC)c(OC)c3)c(C(C)C)c(=O)[nH]2)cc(OC)c1. The molecule has 0 radical (unpaired) electrons. The fourth-order valence-electron chi connectivity index (χ4n) is 3.59. The van der Waals surface area contributed by atoms with Crippen LogP contribution in [-0.2, 0) is 12.2 Å². The predicted molar refractivity (Wildman–Crippen MR) is 130 cm³/mol. The van der Waals surface area contributed by atoms with E-state index in [1.165, 1.54) is 11.8 Å². The predicted octanol–water partition coefficient (Wildman–Crippen LogP) is 4.81. The molecule has 176 valence electrons. The number of thioether (sulfide) groups is 1. The van der Waals surface area contributed by atoms with Crippen LogP contribution in [0, 0.1) is 0 Å². The summed E-state index contributed by atoms with van der Waals surface area (Å²) < 4.78 is 21.5. The van der Waals surface area contributed by atoms with Crippen LogP contribution in [-0.4, -0.2) is 38.4 Å². The number of hydrogen-bond acceptors (Lipinski definition) is 7. The Balaban J connectivity index is 1.90. The largest absolute Gasteiger partial charge is 0.497 e. The summed E-state index contributed by atoms with van der Waals surface area (Å²) in [5.41, 5.74) is 3.33. The van der Waals surface area contributed by atoms with Crippen molar-refractivity contribution >= 4 is 11.8 Å². The van der Waals surface area contributed by atoms with Gasteiger partial charge < -0.3 is 23.9 Å². The highest BCUT2D eigenvalue weighted by Crippen LogP contribution is 2.30. The molecule has 0 unspecified atom stereocenters. The van der Waals surface area contributed by atoms with Crippen LogP contribution in [0.5, 0.6) is 23.0 Å². The van der Waals surface area contributed by atoms with Crippen molar-refractivity contribution < 1.29 is 18.9 Å². The minimum Gasteiger partial charge on any atom is -0.497 e. The van der Waals surface area contributed by atoms with Gasteiger partial charge in [0.25, 0.3) is 5.56 Å². The van der Waals surface area contributed by atoms with E-state index >= 15 is 0 Å². The molecule has 1 N–H and O–H groups in total. The molecule has 7 nitrogen and oxygen atoms in total. The van der Waals surface area contributed by atoms with Gasteiger partial charge >= 0.3 is 0 Å². The third kappa shape index (κ3) is 6.01. The molecule has 3 aromatic rings. The highest BCUT2D eigenvalue weighted by molar-refractivity contribution is 7.98. The first-order chi connectivity index (χ1) is 15.9. The van der Waals surface area contributed by atoms with Crippen LogP contribution in [0.15, 0.2) is 46.3 Å². The fourth-order valence-corrected chi connectivity index (χ4v) is 4.40. The Bertz CT molecular complexity index is 1140. The van der Waals surface area contributed by atoms with Crippen LogP contribution >= 0.6 is 11.8 Å². The second-order valence-corrected chi connectivity index (χ2v) is 8.73. The molecule has 8 heteroatoms. The van der Waals surface area contributed by atoms with E-state index in [1.54, 1.807) is 28.4 Å². The first-order valence-electron chi connectivity index (χ1n) is 10.6. The van der Waals surface area contributed by atoms with Crippen molar-refractivity contribution in [3.63, 3.8) is 0 Å². The zero-order chi connectivity index (χ0) is 24.0. The van der Waals surface area contributed by atoms with Gasteiger partial charge in [-0.3, -0.25) is 4.79 Å². The lowest BCUT2D eigenvalue weighted by Crippen LogP contribution is -2.20. The lowest BCUT2D eigenvalue weighted by Gasteiger charge is -2.14. The van der Waals surface area contributed by atoms with Crippen molar-refractivity contribution in [2.45, 2.75) is 37.1 Å². The standard InChI is InChI=1S/C25H30N2O5S/c1-15(2)23-20(11-16-7-8-21(31-5)22(12-16)32-6)26-25(27-24(23)28)33-14-17-9-18(29-3)13-19(10-17)30-4/h7-10,12-13,15H,11,14H2,1-6H3,(H,26,27,28). The van der Waals surface area contributed by atoms with E-state index < -0.39 is 0 Å². The van der Waals surface area contributed by atoms with Crippen LogP contribution in [0.2, 0.25) is 0 Å². The van der Waals surface area contributed by atoms with Crippen LogP contribution in [0.3, 0.4) is 0 Å². The Kier molecular flexibility index (Phi) is 8.27. The number of aromatic nitrogens is 2. The second-order valence-electron chi connectivity index (χ2n) is 7.76. The number of rotatable bonds is 10. The number of ether oxygens (including phenoxy) is 4. The van der Waals surface area contributed by atoms with Gasteiger partial charge in [0.15, 0.2) is 16.7 Å². The smallest absolute Gasteiger partial charge is 0.255 e. The number of methoxy groups -OCH3 is 4. The minimum absolute atomic E-state index is 0.0399. The van der Waals surface area contributed by atoms with Crippen molar-refractivity contribution in [2.75, 3.05) is 28.4 Å². The average Bonchev–Trinajstić information content (AvgIpc) is 2.81. The maximum absolute atomic E-state index is 12.9. The zero-order valence-corrected chi connectivity index (χ0v) is 20.7. The van der Waals surface area contributed by atoms with E-state index in [4.69, 9.17) is 23.9 Å². The molecule has 0 saturated carbocycles. The van der Waals surface area contributed by atoms with E-state index in [0.717, 1.165) is 28.3 Å². The van der Waals surface area contributed by atoms with Crippen molar-refractivity contribution in [3.8, 4) is 23.0 Å². The molecule has 2 aromatic carbocycles. The average molecular weight is 471 g/mol. The number of hydrogen-bond donors (Lipinski definition) is 1. The molecule has 0 fully saturated rings. The van der Waals surface area contributed by atoms with E-state index in [1.807, 2.05) is 50.2 Å². The van der Waals surface area contributed by atoms with Crippen molar-refractivity contribution in [3.05, 3.63) is 69.1 Å². The number of nitrogens with one attached hydrogen (secondary N) is 1. The quantitative estimate of drug-likeness (QED) is 0.336. The molecule has 0 aliphatic rings. The van der Waals surface area contributed by atoms with Crippen LogP contribution < -0.4 is 24.5 Å². The topological polar surface area (TPSA) is 82.7 Å². The molecule has 0 atom stereocenters. The van der Waals surface area contributed by atoms with Gasteiger partial charge in [-0.1, -0.05) is 31.7 Å².